The Labute approximate surface area is 294 Å². The summed E-state index contributed by atoms with van der Waals surface area (Å²) in [4.78, 5) is 32.8. The monoisotopic (exact) mass is 716 g/mol. The normalized spacial score (nSPS) is 16.1. The van der Waals surface area contributed by atoms with E-state index >= 15 is 0 Å². The predicted octanol–water partition coefficient (Wildman–Crippen LogP) is 7.16. The van der Waals surface area contributed by atoms with Crippen LogP contribution in [0.1, 0.15) is 57.5 Å². The minimum atomic E-state index is -1.01. The summed E-state index contributed by atoms with van der Waals surface area (Å²) in [5.74, 6) is -0.141. The zero-order chi connectivity index (χ0) is 34.5. The van der Waals surface area contributed by atoms with Crippen LogP contribution in [0, 0.1) is 11.6 Å². The van der Waals surface area contributed by atoms with Crippen molar-refractivity contribution in [3.63, 3.8) is 0 Å². The maximum Gasteiger partial charge on any atom is 0.224 e. The molecule has 6 aromatic rings. The summed E-state index contributed by atoms with van der Waals surface area (Å²) >= 11 is 2.61. The van der Waals surface area contributed by atoms with E-state index in [0.29, 0.717) is 38.6 Å². The van der Waals surface area contributed by atoms with Gasteiger partial charge < -0.3 is 25.2 Å². The van der Waals surface area contributed by atoms with Crippen LogP contribution in [0.15, 0.2) is 73.1 Å². The van der Waals surface area contributed by atoms with Crippen LogP contribution in [-0.2, 0) is 9.47 Å². The summed E-state index contributed by atoms with van der Waals surface area (Å²) < 4.78 is 38.4. The molecule has 8 rings (SSSR count). The maximum atomic E-state index is 13.9. The lowest BCUT2D eigenvalue weighted by molar-refractivity contribution is 0.0902. The number of aliphatic hydroxyl groups is 1. The molecule has 0 bridgehead atoms. The number of hydrogen-bond acceptors (Lipinski definition) is 12. The molecular weight excluding hydrogens is 683 g/mol. The first kappa shape index (κ1) is 34.0. The van der Waals surface area contributed by atoms with E-state index in [1.807, 2.05) is 6.07 Å². The molecule has 6 heterocycles. The van der Waals surface area contributed by atoms with E-state index in [2.05, 4.69) is 30.6 Å². The largest absolute Gasteiger partial charge is 0.383 e. The number of fused-ring (bicyclic) bond motifs is 2. The molecule has 2 aliphatic heterocycles. The Balaban J connectivity index is 0.000000157. The molecule has 2 saturated heterocycles. The van der Waals surface area contributed by atoms with E-state index in [4.69, 9.17) is 9.47 Å². The van der Waals surface area contributed by atoms with E-state index in [0.717, 1.165) is 67.7 Å². The first-order valence-corrected chi connectivity index (χ1v) is 18.0. The molecule has 50 heavy (non-hydrogen) atoms. The summed E-state index contributed by atoms with van der Waals surface area (Å²) in [7, 11) is 0. The first-order chi connectivity index (χ1) is 24.4. The van der Waals surface area contributed by atoms with Gasteiger partial charge in [0.1, 0.15) is 27.4 Å². The number of carbonyl (C=O) groups is 1. The summed E-state index contributed by atoms with van der Waals surface area (Å²) in [6.07, 6.45) is 6.13. The molecule has 2 fully saturated rings. The lowest BCUT2D eigenvalue weighted by atomic mass is 10.1. The van der Waals surface area contributed by atoms with Gasteiger partial charge in [-0.15, -0.1) is 22.7 Å². The van der Waals surface area contributed by atoms with Gasteiger partial charge in [-0.1, -0.05) is 30.3 Å². The van der Waals surface area contributed by atoms with Crippen molar-refractivity contribution in [1.82, 2.24) is 19.9 Å². The number of nitrogens with one attached hydrogen (secondary N) is 2. The Bertz CT molecular complexity index is 2100. The molecule has 258 valence electrons. The minimum Gasteiger partial charge on any atom is -0.383 e. The Morgan fingerprint density at radius 3 is 1.90 bits per heavy atom. The topological polar surface area (TPSA) is 131 Å². The second-order valence-electron chi connectivity index (χ2n) is 12.0. The van der Waals surface area contributed by atoms with Gasteiger partial charge in [0.15, 0.2) is 0 Å². The molecule has 10 nitrogen and oxygen atoms in total. The fraction of sp³-hybridized carbons (Fsp3) is 0.306. The van der Waals surface area contributed by atoms with Crippen molar-refractivity contribution < 1.29 is 28.2 Å². The summed E-state index contributed by atoms with van der Waals surface area (Å²) in [5.41, 5.74) is 0.338. The average molecular weight is 717 g/mol. The predicted molar refractivity (Wildman–Crippen MR) is 190 cm³/mol. The maximum absolute atomic E-state index is 13.9. The van der Waals surface area contributed by atoms with Crippen LogP contribution in [0.25, 0.3) is 20.4 Å². The molecule has 1 atom stereocenters. The van der Waals surface area contributed by atoms with Crippen molar-refractivity contribution in [2.75, 3.05) is 37.1 Å². The van der Waals surface area contributed by atoms with Crippen molar-refractivity contribution >= 4 is 60.8 Å². The second kappa shape index (κ2) is 15.6. The summed E-state index contributed by atoms with van der Waals surface area (Å²) in [5, 5.41) is 18.8. The van der Waals surface area contributed by atoms with Crippen LogP contribution in [0.5, 0.6) is 0 Å². The lowest BCUT2D eigenvalue weighted by Gasteiger charge is -2.22. The third-order valence-electron chi connectivity index (χ3n) is 8.49. The van der Waals surface area contributed by atoms with Crippen molar-refractivity contribution in [2.24, 2.45) is 0 Å². The number of ketones is 1. The third-order valence-corrected chi connectivity index (χ3v) is 10.6. The van der Waals surface area contributed by atoms with E-state index in [-0.39, 0.29) is 16.9 Å². The molecule has 14 heteroatoms. The van der Waals surface area contributed by atoms with Crippen LogP contribution in [-0.4, -0.2) is 69.3 Å². The fourth-order valence-electron chi connectivity index (χ4n) is 5.74. The van der Waals surface area contributed by atoms with Gasteiger partial charge in [0.2, 0.25) is 17.7 Å². The van der Waals surface area contributed by atoms with Crippen molar-refractivity contribution in [3.8, 4) is 0 Å². The highest BCUT2D eigenvalue weighted by Gasteiger charge is 2.21. The Morgan fingerprint density at radius 2 is 1.30 bits per heavy atom. The van der Waals surface area contributed by atoms with Gasteiger partial charge in [-0.05, 0) is 56.0 Å². The molecule has 0 spiro atoms. The quantitative estimate of drug-likeness (QED) is 0.140. The van der Waals surface area contributed by atoms with E-state index < -0.39 is 17.7 Å². The number of ether oxygens (including phenoxy) is 2. The molecule has 2 aromatic carbocycles. The van der Waals surface area contributed by atoms with Crippen LogP contribution in [0.2, 0.25) is 0 Å². The molecule has 0 aliphatic carbocycles. The molecule has 0 saturated carbocycles. The van der Waals surface area contributed by atoms with Gasteiger partial charge >= 0.3 is 0 Å². The van der Waals surface area contributed by atoms with Gasteiger partial charge in [-0.25, -0.2) is 28.7 Å². The number of benzene rings is 2. The highest BCUT2D eigenvalue weighted by molar-refractivity contribution is 7.20. The highest BCUT2D eigenvalue weighted by atomic mass is 32.1. The molecule has 0 amide bonds. The number of aliphatic hydroxyl groups excluding tert-OH is 1. The smallest absolute Gasteiger partial charge is 0.224 e. The van der Waals surface area contributed by atoms with Gasteiger partial charge in [0.25, 0.3) is 0 Å². The zero-order valence-corrected chi connectivity index (χ0v) is 28.5. The number of nitrogens with zero attached hydrogens (tertiary/aromatic N) is 4. The zero-order valence-electron chi connectivity index (χ0n) is 26.9. The minimum absolute atomic E-state index is 0.0718. The number of anilines is 2. The lowest BCUT2D eigenvalue weighted by Crippen LogP contribution is -2.28. The number of halogens is 2. The Hall–Kier alpha value is -4.47. The van der Waals surface area contributed by atoms with Crippen LogP contribution in [0.4, 0.5) is 20.7 Å². The van der Waals surface area contributed by atoms with Crippen LogP contribution in [0.3, 0.4) is 0 Å². The molecular formula is C36H34F2N6O4S2. The van der Waals surface area contributed by atoms with Gasteiger partial charge in [-0.3, -0.25) is 4.79 Å². The van der Waals surface area contributed by atoms with Crippen molar-refractivity contribution in [3.05, 3.63) is 106 Å². The molecule has 4 aromatic heterocycles. The fourth-order valence-corrected chi connectivity index (χ4v) is 7.71. The number of aromatic nitrogens is 4. The first-order valence-electron chi connectivity index (χ1n) is 16.3. The number of hydrogen-bond donors (Lipinski definition) is 3. The van der Waals surface area contributed by atoms with E-state index in [1.54, 1.807) is 48.8 Å². The number of carbonyl (C=O) groups excluding carboxylic acids is 1. The van der Waals surface area contributed by atoms with Gasteiger partial charge in [0, 0.05) is 72.1 Å². The third kappa shape index (κ3) is 7.95. The van der Waals surface area contributed by atoms with Gasteiger partial charge in [-0.2, -0.15) is 0 Å². The SMILES string of the molecule is O=C(c1cc2cnc(NC3CCOCC3)nc2s1)c1ccccc1F.OC(c1cc2cnc(NC3CCOCC3)nc2s1)c1ccccc1F. The highest BCUT2D eigenvalue weighted by Crippen LogP contribution is 2.33. The Morgan fingerprint density at radius 1 is 0.760 bits per heavy atom. The molecule has 2 aliphatic rings. The van der Waals surface area contributed by atoms with Crippen LogP contribution < -0.4 is 10.6 Å². The van der Waals surface area contributed by atoms with E-state index in [1.165, 1.54) is 40.9 Å². The molecule has 0 radical (unpaired) electrons. The number of thiophene rings is 2. The van der Waals surface area contributed by atoms with Crippen molar-refractivity contribution in [1.29, 1.82) is 0 Å². The summed E-state index contributed by atoms with van der Waals surface area (Å²) in [6, 6.07) is 16.4. The van der Waals surface area contributed by atoms with Crippen molar-refractivity contribution in [2.45, 2.75) is 43.9 Å². The van der Waals surface area contributed by atoms with Gasteiger partial charge in [0.05, 0.1) is 10.4 Å². The van der Waals surface area contributed by atoms with E-state index in [9.17, 15) is 18.7 Å². The standard InChI is InChI=1S/C18H18FN3O2S.C18H16FN3O2S/c2*19-14-4-2-1-3-13(14)16(23)15-9-11-10-20-18(22-17(11)25-15)21-12-5-7-24-8-6-12/h1-4,9-10,12,16,23H,5-8H2,(H,20,21,22);1-4,9-10,12H,5-8H2,(H,20,21,22). The average Bonchev–Trinajstić information content (AvgIpc) is 3.77. The second-order valence-corrected chi connectivity index (χ2v) is 14.1. The Kier molecular flexibility index (Phi) is 10.6. The van der Waals surface area contributed by atoms with Crippen LogP contribution >= 0.6 is 22.7 Å². The number of rotatable bonds is 8. The molecule has 1 unspecified atom stereocenters. The molecule has 3 N–H and O–H groups in total. The summed E-state index contributed by atoms with van der Waals surface area (Å²) in [6.45, 7) is 2.97.